The van der Waals surface area contributed by atoms with E-state index in [1.54, 1.807) is 0 Å². The Morgan fingerprint density at radius 3 is 2.21 bits per heavy atom. The molecule has 2 aliphatic carbocycles. The van der Waals surface area contributed by atoms with E-state index in [1.165, 1.54) is 7.05 Å². The smallest absolute Gasteiger partial charge is 0.368 e. The van der Waals surface area contributed by atoms with Gasteiger partial charge >= 0.3 is 6.18 Å². The number of rotatable bonds is 7. The van der Waals surface area contributed by atoms with Crippen molar-refractivity contribution in [1.82, 2.24) is 10.2 Å². The predicted octanol–water partition coefficient (Wildman–Crippen LogP) is 0.867. The SMILES string of the molecule is CN(CC(F)(F)F)CC(NC1CC1)(C(N)=O)C1CC1. The van der Waals surface area contributed by atoms with Gasteiger partial charge in [0.25, 0.3) is 0 Å². The van der Waals surface area contributed by atoms with Gasteiger partial charge in [-0.1, -0.05) is 0 Å². The number of alkyl halides is 3. The van der Waals surface area contributed by atoms with Gasteiger partial charge in [0.2, 0.25) is 5.91 Å². The highest BCUT2D eigenvalue weighted by Crippen LogP contribution is 2.42. The maximum atomic E-state index is 12.4. The molecule has 0 aliphatic heterocycles. The van der Waals surface area contributed by atoms with E-state index in [0.29, 0.717) is 0 Å². The van der Waals surface area contributed by atoms with Gasteiger partial charge in [-0.15, -0.1) is 0 Å². The number of halogens is 3. The summed E-state index contributed by atoms with van der Waals surface area (Å²) in [5.41, 5.74) is 4.49. The van der Waals surface area contributed by atoms with Gasteiger partial charge in [0, 0.05) is 12.6 Å². The molecule has 0 saturated heterocycles. The quantitative estimate of drug-likeness (QED) is 0.727. The van der Waals surface area contributed by atoms with Crippen molar-refractivity contribution in [2.24, 2.45) is 11.7 Å². The Morgan fingerprint density at radius 1 is 1.26 bits per heavy atom. The number of amides is 1. The lowest BCUT2D eigenvalue weighted by Crippen LogP contribution is -2.64. The third kappa shape index (κ3) is 3.82. The zero-order valence-corrected chi connectivity index (χ0v) is 11.0. The molecule has 2 saturated carbocycles. The van der Waals surface area contributed by atoms with Gasteiger partial charge in [0.15, 0.2) is 0 Å². The monoisotopic (exact) mass is 279 g/mol. The van der Waals surface area contributed by atoms with E-state index < -0.39 is 24.2 Å². The Labute approximate surface area is 110 Å². The largest absolute Gasteiger partial charge is 0.401 e. The molecule has 4 nitrogen and oxygen atoms in total. The fourth-order valence-corrected chi connectivity index (χ4v) is 2.60. The zero-order chi connectivity index (χ0) is 14.3. The molecule has 0 aromatic rings. The Bertz CT molecular complexity index is 353. The van der Waals surface area contributed by atoms with Crippen LogP contribution in [0.5, 0.6) is 0 Å². The number of nitrogens with zero attached hydrogens (tertiary/aromatic N) is 1. The molecule has 110 valence electrons. The molecule has 0 heterocycles. The summed E-state index contributed by atoms with van der Waals surface area (Å²) >= 11 is 0. The summed E-state index contributed by atoms with van der Waals surface area (Å²) in [5, 5.41) is 3.20. The Balaban J connectivity index is 2.05. The Morgan fingerprint density at radius 2 is 1.84 bits per heavy atom. The maximum Gasteiger partial charge on any atom is 0.401 e. The van der Waals surface area contributed by atoms with Crippen LogP contribution >= 0.6 is 0 Å². The molecule has 0 spiro atoms. The highest BCUT2D eigenvalue weighted by Gasteiger charge is 2.52. The summed E-state index contributed by atoms with van der Waals surface area (Å²) in [6.07, 6.45) is -0.637. The van der Waals surface area contributed by atoms with Gasteiger partial charge < -0.3 is 5.73 Å². The number of primary amides is 1. The summed E-state index contributed by atoms with van der Waals surface area (Å²) in [6.45, 7) is -1.01. The van der Waals surface area contributed by atoms with E-state index in [-0.39, 0.29) is 18.5 Å². The van der Waals surface area contributed by atoms with Crippen LogP contribution in [0.25, 0.3) is 0 Å². The van der Waals surface area contributed by atoms with E-state index in [1.807, 2.05) is 0 Å². The maximum absolute atomic E-state index is 12.4. The normalized spacial score (nSPS) is 23.4. The number of hydrogen-bond acceptors (Lipinski definition) is 3. The molecule has 2 fully saturated rings. The number of nitrogens with two attached hydrogens (primary N) is 1. The summed E-state index contributed by atoms with van der Waals surface area (Å²) in [5.74, 6) is -0.461. The molecule has 3 N–H and O–H groups in total. The van der Waals surface area contributed by atoms with Crippen LogP contribution < -0.4 is 11.1 Å². The fraction of sp³-hybridized carbons (Fsp3) is 0.917. The third-order valence-electron chi connectivity index (χ3n) is 3.72. The number of nitrogens with one attached hydrogen (secondary N) is 1. The first-order valence-corrected chi connectivity index (χ1v) is 6.56. The highest BCUT2D eigenvalue weighted by molar-refractivity contribution is 5.86. The van der Waals surface area contributed by atoms with Crippen LogP contribution in [0.1, 0.15) is 25.7 Å². The van der Waals surface area contributed by atoms with Crippen LogP contribution in [0.3, 0.4) is 0 Å². The van der Waals surface area contributed by atoms with Crippen molar-refractivity contribution in [3.63, 3.8) is 0 Å². The molecule has 0 aromatic heterocycles. The first-order chi connectivity index (χ1) is 8.73. The van der Waals surface area contributed by atoms with Crippen LogP contribution in [0, 0.1) is 5.92 Å². The van der Waals surface area contributed by atoms with E-state index in [9.17, 15) is 18.0 Å². The van der Waals surface area contributed by atoms with Crippen LogP contribution in [0.2, 0.25) is 0 Å². The van der Waals surface area contributed by atoms with Gasteiger partial charge in [-0.3, -0.25) is 15.0 Å². The molecule has 1 atom stereocenters. The van der Waals surface area contributed by atoms with Gasteiger partial charge in [-0.05, 0) is 38.6 Å². The molecule has 0 aromatic carbocycles. The van der Waals surface area contributed by atoms with Crippen molar-refractivity contribution >= 4 is 5.91 Å². The van der Waals surface area contributed by atoms with E-state index >= 15 is 0 Å². The molecule has 19 heavy (non-hydrogen) atoms. The van der Waals surface area contributed by atoms with Gasteiger partial charge in [0.1, 0.15) is 5.54 Å². The fourth-order valence-electron chi connectivity index (χ4n) is 2.60. The van der Waals surface area contributed by atoms with Crippen molar-refractivity contribution in [1.29, 1.82) is 0 Å². The standard InChI is InChI=1S/C12H20F3N3O/c1-18(7-12(13,14)15)6-11(10(16)19,8-2-3-8)17-9-4-5-9/h8-9,17H,2-7H2,1H3,(H2,16,19). The predicted molar refractivity (Wildman–Crippen MR) is 64.4 cm³/mol. The minimum Gasteiger partial charge on any atom is -0.368 e. The summed E-state index contributed by atoms with van der Waals surface area (Å²) in [4.78, 5) is 13.0. The highest BCUT2D eigenvalue weighted by atomic mass is 19.4. The zero-order valence-electron chi connectivity index (χ0n) is 11.0. The molecule has 2 rings (SSSR count). The van der Waals surface area contributed by atoms with Crippen LogP contribution in [0.15, 0.2) is 0 Å². The van der Waals surface area contributed by atoms with Crippen molar-refractivity contribution < 1.29 is 18.0 Å². The number of carbonyl (C=O) groups is 1. The third-order valence-corrected chi connectivity index (χ3v) is 3.72. The first kappa shape index (κ1) is 14.6. The van der Waals surface area contributed by atoms with Crippen LogP contribution in [-0.2, 0) is 4.79 Å². The van der Waals surface area contributed by atoms with Crippen LogP contribution in [0.4, 0.5) is 13.2 Å². The van der Waals surface area contributed by atoms with Crippen molar-refractivity contribution in [3.05, 3.63) is 0 Å². The van der Waals surface area contributed by atoms with Crippen molar-refractivity contribution in [2.45, 2.75) is 43.4 Å². The minimum atomic E-state index is -4.26. The molecule has 7 heteroatoms. The summed E-state index contributed by atoms with van der Waals surface area (Å²) in [7, 11) is 1.38. The number of likely N-dealkylation sites (N-methyl/N-ethyl adjacent to an activating group) is 1. The van der Waals surface area contributed by atoms with E-state index in [0.717, 1.165) is 30.6 Å². The second-order valence-electron chi connectivity index (χ2n) is 5.82. The molecular formula is C12H20F3N3O. The second-order valence-corrected chi connectivity index (χ2v) is 5.82. The van der Waals surface area contributed by atoms with Gasteiger partial charge in [-0.25, -0.2) is 0 Å². The Kier molecular flexibility index (Phi) is 3.79. The molecular weight excluding hydrogens is 259 g/mol. The molecule has 2 aliphatic rings. The second kappa shape index (κ2) is 4.94. The number of hydrogen-bond donors (Lipinski definition) is 2. The van der Waals surface area contributed by atoms with E-state index in [2.05, 4.69) is 5.32 Å². The lowest BCUT2D eigenvalue weighted by Gasteiger charge is -2.36. The van der Waals surface area contributed by atoms with E-state index in [4.69, 9.17) is 5.73 Å². The topological polar surface area (TPSA) is 58.4 Å². The lowest BCUT2D eigenvalue weighted by molar-refractivity contribution is -0.148. The van der Waals surface area contributed by atoms with Gasteiger partial charge in [-0.2, -0.15) is 13.2 Å². The number of carbonyl (C=O) groups excluding carboxylic acids is 1. The Hall–Kier alpha value is -0.820. The van der Waals surface area contributed by atoms with Crippen LogP contribution in [-0.4, -0.2) is 48.7 Å². The molecule has 0 bridgehead atoms. The summed E-state index contributed by atoms with van der Waals surface area (Å²) in [6, 6.07) is 0.229. The molecule has 1 amide bonds. The average molecular weight is 279 g/mol. The first-order valence-electron chi connectivity index (χ1n) is 6.56. The average Bonchev–Trinajstić information content (AvgIpc) is 3.08. The summed E-state index contributed by atoms with van der Waals surface area (Å²) < 4.78 is 37.2. The van der Waals surface area contributed by atoms with Crippen molar-refractivity contribution in [3.8, 4) is 0 Å². The van der Waals surface area contributed by atoms with Gasteiger partial charge in [0.05, 0.1) is 6.54 Å². The minimum absolute atomic E-state index is 0.0169. The molecule has 0 radical (unpaired) electrons. The lowest BCUT2D eigenvalue weighted by atomic mass is 9.91. The molecule has 1 unspecified atom stereocenters. The van der Waals surface area contributed by atoms with Crippen molar-refractivity contribution in [2.75, 3.05) is 20.1 Å².